The smallest absolute Gasteiger partial charge is 0.338 e. The summed E-state index contributed by atoms with van der Waals surface area (Å²) in [5.41, 5.74) is 2.46. The first-order valence-corrected chi connectivity index (χ1v) is 11.5. The monoisotopic (exact) mass is 460 g/mol. The molecule has 0 fully saturated rings. The number of esters is 1. The zero-order chi connectivity index (χ0) is 22.6. The zero-order valence-corrected chi connectivity index (χ0v) is 18.6. The Morgan fingerprint density at radius 2 is 1.71 bits per heavy atom. The van der Waals surface area contributed by atoms with E-state index in [4.69, 9.17) is 4.74 Å². The number of benzene rings is 2. The van der Waals surface area contributed by atoms with Crippen molar-refractivity contribution in [3.63, 3.8) is 0 Å². The summed E-state index contributed by atoms with van der Waals surface area (Å²) in [6.07, 6.45) is 0. The van der Waals surface area contributed by atoms with Crippen LogP contribution in [0, 0.1) is 13.8 Å². The molecule has 0 unspecified atom stereocenters. The summed E-state index contributed by atoms with van der Waals surface area (Å²) in [7, 11) is -4.08. The molecule has 1 amide bonds. The maximum atomic E-state index is 12.7. The lowest BCUT2D eigenvalue weighted by atomic mass is 10.1. The van der Waals surface area contributed by atoms with Crippen LogP contribution in [0.15, 0.2) is 46.8 Å². The second-order valence-electron chi connectivity index (χ2n) is 6.55. The van der Waals surface area contributed by atoms with E-state index in [0.717, 1.165) is 5.56 Å². The molecule has 31 heavy (non-hydrogen) atoms. The second-order valence-corrected chi connectivity index (χ2v) is 9.38. The number of carbonyl (C=O) groups is 2. The van der Waals surface area contributed by atoms with Crippen LogP contribution in [0.25, 0.3) is 0 Å². The highest BCUT2D eigenvalue weighted by molar-refractivity contribution is 7.94. The van der Waals surface area contributed by atoms with Crippen LogP contribution in [0.1, 0.15) is 38.8 Å². The lowest BCUT2D eigenvalue weighted by molar-refractivity contribution is 0.0526. The fourth-order valence-corrected chi connectivity index (χ4v) is 4.52. The van der Waals surface area contributed by atoms with Crippen molar-refractivity contribution in [1.29, 1.82) is 0 Å². The third kappa shape index (κ3) is 5.44. The molecule has 0 aliphatic carbocycles. The molecule has 3 rings (SSSR count). The van der Waals surface area contributed by atoms with Crippen LogP contribution in [-0.4, -0.2) is 37.1 Å². The minimum Gasteiger partial charge on any atom is -0.462 e. The first-order chi connectivity index (χ1) is 14.7. The average molecular weight is 461 g/mol. The van der Waals surface area contributed by atoms with E-state index in [1.54, 1.807) is 50.2 Å². The fourth-order valence-electron chi connectivity index (χ4n) is 2.50. The van der Waals surface area contributed by atoms with Crippen molar-refractivity contribution in [3.05, 3.63) is 64.7 Å². The molecule has 11 heteroatoms. The summed E-state index contributed by atoms with van der Waals surface area (Å²) in [6.45, 7) is 5.48. The van der Waals surface area contributed by atoms with Crippen molar-refractivity contribution in [2.24, 2.45) is 0 Å². The average Bonchev–Trinajstić information content (AvgIpc) is 3.19. The first-order valence-electron chi connectivity index (χ1n) is 9.21. The molecule has 3 aromatic rings. The Morgan fingerprint density at radius 1 is 1.03 bits per heavy atom. The van der Waals surface area contributed by atoms with Gasteiger partial charge in [0.05, 0.1) is 17.9 Å². The lowest BCUT2D eigenvalue weighted by Crippen LogP contribution is -2.14. The summed E-state index contributed by atoms with van der Waals surface area (Å²) >= 11 is 0.713. The van der Waals surface area contributed by atoms with Gasteiger partial charge in [0, 0.05) is 5.56 Å². The molecule has 0 saturated carbocycles. The Bertz CT molecular complexity index is 1220. The van der Waals surface area contributed by atoms with Crippen molar-refractivity contribution in [1.82, 2.24) is 10.2 Å². The molecule has 0 saturated heterocycles. The van der Waals surface area contributed by atoms with E-state index in [0.29, 0.717) is 22.5 Å². The van der Waals surface area contributed by atoms with Crippen LogP contribution in [0.2, 0.25) is 0 Å². The van der Waals surface area contributed by atoms with Gasteiger partial charge >= 0.3 is 5.97 Å². The number of nitrogens with zero attached hydrogens (tertiary/aromatic N) is 2. The van der Waals surface area contributed by atoms with Crippen molar-refractivity contribution < 1.29 is 22.7 Å². The van der Waals surface area contributed by atoms with E-state index in [-0.39, 0.29) is 27.3 Å². The minimum absolute atomic E-state index is 0.0444. The van der Waals surface area contributed by atoms with Gasteiger partial charge < -0.3 is 4.74 Å². The predicted molar refractivity (Wildman–Crippen MR) is 117 cm³/mol. The molecule has 2 N–H and O–H groups in total. The van der Waals surface area contributed by atoms with Crippen molar-refractivity contribution in [3.8, 4) is 0 Å². The summed E-state index contributed by atoms with van der Waals surface area (Å²) in [6, 6.07) is 11.5. The van der Waals surface area contributed by atoms with Gasteiger partial charge in [-0.25, -0.2) is 4.79 Å². The summed E-state index contributed by atoms with van der Waals surface area (Å²) in [5, 5.41) is 10.00. The third-order valence-electron chi connectivity index (χ3n) is 4.16. The number of amides is 1. The number of aromatic nitrogens is 2. The molecule has 0 aliphatic heterocycles. The molecule has 0 atom stereocenters. The van der Waals surface area contributed by atoms with Gasteiger partial charge in [0.1, 0.15) is 0 Å². The molecular formula is C20H20N4O5S2. The number of rotatable bonds is 7. The Kier molecular flexibility index (Phi) is 6.66. The number of anilines is 2. The molecule has 0 bridgehead atoms. The van der Waals surface area contributed by atoms with Crippen LogP contribution < -0.4 is 10.0 Å². The Morgan fingerprint density at radius 3 is 2.39 bits per heavy atom. The number of sulfonamides is 1. The largest absolute Gasteiger partial charge is 0.462 e. The number of carbonyl (C=O) groups excluding carboxylic acids is 2. The Hall–Kier alpha value is -3.31. The molecule has 2 aromatic carbocycles. The topological polar surface area (TPSA) is 127 Å². The number of aryl methyl sites for hydroxylation is 2. The summed E-state index contributed by atoms with van der Waals surface area (Å²) in [4.78, 5) is 24.2. The quantitative estimate of drug-likeness (QED) is 0.409. The standard InChI is InChI=1S/C20H20N4O5S2/c1-4-29-18(26)15-10-7-13(3)16(11-15)24-31(27,28)20-23-22-19(30-20)21-17(25)14-8-5-12(2)6-9-14/h5-11,24H,4H2,1-3H3,(H,21,22,25). The number of nitrogens with one attached hydrogen (secondary N) is 2. The van der Waals surface area contributed by atoms with E-state index >= 15 is 0 Å². The molecular weight excluding hydrogens is 440 g/mol. The van der Waals surface area contributed by atoms with Gasteiger partial charge in [-0.2, -0.15) is 8.42 Å². The second kappa shape index (κ2) is 9.23. The number of hydrogen-bond acceptors (Lipinski definition) is 8. The zero-order valence-electron chi connectivity index (χ0n) is 17.0. The van der Waals surface area contributed by atoms with Crippen LogP contribution in [0.3, 0.4) is 0 Å². The van der Waals surface area contributed by atoms with Crippen LogP contribution in [-0.2, 0) is 14.8 Å². The van der Waals surface area contributed by atoms with E-state index in [2.05, 4.69) is 20.2 Å². The normalized spacial score (nSPS) is 11.1. The van der Waals surface area contributed by atoms with Crippen molar-refractivity contribution in [2.75, 3.05) is 16.6 Å². The van der Waals surface area contributed by atoms with Crippen molar-refractivity contribution >= 4 is 44.1 Å². The Balaban J connectivity index is 1.77. The predicted octanol–water partition coefficient (Wildman–Crippen LogP) is 3.38. The molecule has 0 radical (unpaired) electrons. The number of hydrogen-bond donors (Lipinski definition) is 2. The summed E-state index contributed by atoms with van der Waals surface area (Å²) < 4.78 is 32.5. The highest BCUT2D eigenvalue weighted by Crippen LogP contribution is 2.25. The molecule has 9 nitrogen and oxygen atoms in total. The lowest BCUT2D eigenvalue weighted by Gasteiger charge is -2.10. The van der Waals surface area contributed by atoms with Gasteiger partial charge in [0.2, 0.25) is 5.13 Å². The SMILES string of the molecule is CCOC(=O)c1ccc(C)c(NS(=O)(=O)c2nnc(NC(=O)c3ccc(C)cc3)s2)c1. The molecule has 1 aromatic heterocycles. The van der Waals surface area contributed by atoms with E-state index in [1.165, 1.54) is 6.07 Å². The highest BCUT2D eigenvalue weighted by atomic mass is 32.2. The molecule has 0 spiro atoms. The van der Waals surface area contributed by atoms with Crippen molar-refractivity contribution in [2.45, 2.75) is 25.1 Å². The van der Waals surface area contributed by atoms with E-state index < -0.39 is 21.9 Å². The maximum absolute atomic E-state index is 12.7. The van der Waals surface area contributed by atoms with E-state index in [9.17, 15) is 18.0 Å². The van der Waals surface area contributed by atoms with Gasteiger partial charge in [0.25, 0.3) is 20.3 Å². The number of ether oxygens (including phenoxy) is 1. The summed E-state index contributed by atoms with van der Waals surface area (Å²) in [5.74, 6) is -0.981. The van der Waals surface area contributed by atoms with E-state index in [1.807, 2.05) is 6.92 Å². The van der Waals surface area contributed by atoms with Gasteiger partial charge in [-0.3, -0.25) is 14.8 Å². The molecule has 162 valence electrons. The molecule has 0 aliphatic rings. The van der Waals surface area contributed by atoms with Gasteiger partial charge in [-0.05, 0) is 50.6 Å². The highest BCUT2D eigenvalue weighted by Gasteiger charge is 2.23. The first kappa shape index (κ1) is 22.4. The van der Waals surface area contributed by atoms with Crippen LogP contribution >= 0.6 is 11.3 Å². The molecule has 1 heterocycles. The third-order valence-corrected chi connectivity index (χ3v) is 6.74. The fraction of sp³-hybridized carbons (Fsp3) is 0.200. The Labute approximate surface area is 183 Å². The van der Waals surface area contributed by atoms with Crippen LogP contribution in [0.4, 0.5) is 10.8 Å². The van der Waals surface area contributed by atoms with Gasteiger partial charge in [-0.15, -0.1) is 10.2 Å². The van der Waals surface area contributed by atoms with Crippen LogP contribution in [0.5, 0.6) is 0 Å². The maximum Gasteiger partial charge on any atom is 0.338 e. The van der Waals surface area contributed by atoms with Gasteiger partial charge in [0.15, 0.2) is 0 Å². The van der Waals surface area contributed by atoms with Gasteiger partial charge in [-0.1, -0.05) is 35.1 Å². The minimum atomic E-state index is -4.08.